The number of methoxy groups -OCH3 is 2. The molecule has 7 heteroatoms. The number of amides is 2. The van der Waals surface area contributed by atoms with E-state index in [-0.39, 0.29) is 11.8 Å². The summed E-state index contributed by atoms with van der Waals surface area (Å²) in [5.41, 5.74) is 1.87. The molecule has 0 spiro atoms. The van der Waals surface area contributed by atoms with Crippen LogP contribution in [-0.4, -0.2) is 32.1 Å². The van der Waals surface area contributed by atoms with Crippen LogP contribution in [0.2, 0.25) is 0 Å². The second-order valence-corrected chi connectivity index (χ2v) is 5.90. The normalized spacial score (nSPS) is 15.5. The number of nitrogens with one attached hydrogen (secondary N) is 2. The van der Waals surface area contributed by atoms with E-state index in [0.717, 1.165) is 5.56 Å². The van der Waals surface area contributed by atoms with Crippen LogP contribution in [0.15, 0.2) is 42.5 Å². The Morgan fingerprint density at radius 1 is 1.15 bits per heavy atom. The average molecular weight is 368 g/mol. The second-order valence-electron chi connectivity index (χ2n) is 5.90. The lowest BCUT2D eigenvalue weighted by atomic mass is 10.2. The van der Waals surface area contributed by atoms with E-state index in [9.17, 15) is 9.59 Å². The number of hydrogen-bond donors (Lipinski definition) is 2. The van der Waals surface area contributed by atoms with Gasteiger partial charge in [0.1, 0.15) is 5.75 Å². The van der Waals surface area contributed by atoms with Crippen molar-refractivity contribution in [3.05, 3.63) is 48.0 Å². The summed E-state index contributed by atoms with van der Waals surface area (Å²) in [6.07, 6.45) is 2.54. The number of hydrogen-bond acceptors (Lipinski definition) is 5. The van der Waals surface area contributed by atoms with Gasteiger partial charge in [-0.2, -0.15) is 0 Å². The fourth-order valence-corrected chi connectivity index (χ4v) is 2.60. The van der Waals surface area contributed by atoms with Gasteiger partial charge in [0.05, 0.1) is 19.9 Å². The lowest BCUT2D eigenvalue weighted by Gasteiger charge is -2.23. The van der Waals surface area contributed by atoms with Gasteiger partial charge >= 0.3 is 0 Å². The quantitative estimate of drug-likeness (QED) is 0.792. The molecule has 0 unspecified atom stereocenters. The number of fused-ring (bicyclic) bond motifs is 1. The summed E-state index contributed by atoms with van der Waals surface area (Å²) in [5.74, 6) is 1.24. The molecule has 3 rings (SSSR count). The van der Waals surface area contributed by atoms with E-state index in [1.165, 1.54) is 6.08 Å². The molecule has 1 aliphatic rings. The molecule has 27 heavy (non-hydrogen) atoms. The topological polar surface area (TPSA) is 85.9 Å². The summed E-state index contributed by atoms with van der Waals surface area (Å²) in [7, 11) is 3.12. The first-order chi connectivity index (χ1) is 13.0. The van der Waals surface area contributed by atoms with Crippen LogP contribution in [0.1, 0.15) is 12.5 Å². The molecule has 2 amide bonds. The van der Waals surface area contributed by atoms with Gasteiger partial charge in [-0.15, -0.1) is 0 Å². The highest BCUT2D eigenvalue weighted by atomic mass is 16.5. The summed E-state index contributed by atoms with van der Waals surface area (Å²) in [4.78, 5) is 23.9. The summed E-state index contributed by atoms with van der Waals surface area (Å²) in [6.45, 7) is 1.67. The van der Waals surface area contributed by atoms with Crippen molar-refractivity contribution in [2.75, 3.05) is 24.9 Å². The van der Waals surface area contributed by atoms with Crippen LogP contribution < -0.4 is 24.8 Å². The lowest BCUT2D eigenvalue weighted by Crippen LogP contribution is -2.34. The van der Waals surface area contributed by atoms with Gasteiger partial charge in [-0.25, -0.2) is 0 Å². The molecular weight excluding hydrogens is 348 g/mol. The van der Waals surface area contributed by atoms with Crippen LogP contribution in [0.5, 0.6) is 17.2 Å². The van der Waals surface area contributed by atoms with Crippen LogP contribution >= 0.6 is 0 Å². The number of benzene rings is 2. The van der Waals surface area contributed by atoms with E-state index in [1.807, 2.05) is 6.07 Å². The van der Waals surface area contributed by atoms with Crippen molar-refractivity contribution in [3.63, 3.8) is 0 Å². The van der Waals surface area contributed by atoms with Crippen molar-refractivity contribution < 1.29 is 23.8 Å². The van der Waals surface area contributed by atoms with Crippen molar-refractivity contribution >= 4 is 29.3 Å². The smallest absolute Gasteiger partial charge is 0.265 e. The van der Waals surface area contributed by atoms with Crippen molar-refractivity contribution in [2.45, 2.75) is 13.0 Å². The Hall–Kier alpha value is -3.48. The molecule has 0 aromatic heterocycles. The van der Waals surface area contributed by atoms with Gasteiger partial charge in [0, 0.05) is 11.8 Å². The predicted octanol–water partition coefficient (Wildman–Crippen LogP) is 3.08. The third kappa shape index (κ3) is 4.20. The zero-order valence-corrected chi connectivity index (χ0v) is 15.2. The maximum absolute atomic E-state index is 12.2. The summed E-state index contributed by atoms with van der Waals surface area (Å²) < 4.78 is 15.9. The summed E-state index contributed by atoms with van der Waals surface area (Å²) in [5, 5.41) is 5.50. The van der Waals surface area contributed by atoms with Crippen molar-refractivity contribution in [2.24, 2.45) is 0 Å². The van der Waals surface area contributed by atoms with Gasteiger partial charge in [-0.1, -0.05) is 6.07 Å². The molecule has 0 aliphatic carbocycles. The molecule has 0 saturated carbocycles. The molecule has 1 atom stereocenters. The SMILES string of the molecule is COc1ccc(/C=C/C(=O)Nc2ccc3c(c2)NC(=O)[C@@H](C)O3)cc1OC. The minimum Gasteiger partial charge on any atom is -0.493 e. The first kappa shape index (κ1) is 18.3. The number of ether oxygens (including phenoxy) is 3. The minimum absolute atomic E-state index is 0.223. The van der Waals surface area contributed by atoms with Gasteiger partial charge in [0.2, 0.25) is 5.91 Å². The molecule has 7 nitrogen and oxygen atoms in total. The van der Waals surface area contributed by atoms with E-state index in [4.69, 9.17) is 14.2 Å². The van der Waals surface area contributed by atoms with Crippen LogP contribution in [0.4, 0.5) is 11.4 Å². The fraction of sp³-hybridized carbons (Fsp3) is 0.200. The molecule has 2 aromatic rings. The van der Waals surface area contributed by atoms with Gasteiger partial charge < -0.3 is 24.8 Å². The highest BCUT2D eigenvalue weighted by Gasteiger charge is 2.23. The van der Waals surface area contributed by atoms with E-state index < -0.39 is 6.10 Å². The molecule has 0 fully saturated rings. The summed E-state index contributed by atoms with van der Waals surface area (Å²) in [6, 6.07) is 10.4. The highest BCUT2D eigenvalue weighted by Crippen LogP contribution is 2.32. The van der Waals surface area contributed by atoms with E-state index in [2.05, 4.69) is 10.6 Å². The number of rotatable bonds is 5. The monoisotopic (exact) mass is 368 g/mol. The number of carbonyl (C=O) groups excluding carboxylic acids is 2. The van der Waals surface area contributed by atoms with Crippen molar-refractivity contribution in [1.82, 2.24) is 0 Å². The first-order valence-electron chi connectivity index (χ1n) is 8.33. The molecule has 0 radical (unpaired) electrons. The molecular formula is C20H20N2O5. The maximum Gasteiger partial charge on any atom is 0.265 e. The molecule has 140 valence electrons. The molecule has 2 N–H and O–H groups in total. The van der Waals surface area contributed by atoms with Crippen molar-refractivity contribution in [3.8, 4) is 17.2 Å². The third-order valence-corrected chi connectivity index (χ3v) is 4.01. The minimum atomic E-state index is -0.539. The second kappa shape index (κ2) is 7.82. The largest absolute Gasteiger partial charge is 0.493 e. The molecule has 0 bridgehead atoms. The standard InChI is InChI=1S/C20H20N2O5/c1-12-20(24)22-15-11-14(6-8-16(15)27-12)21-19(23)9-5-13-4-7-17(25-2)18(10-13)26-3/h4-12H,1-3H3,(H,21,23)(H,22,24)/b9-5+/t12-/m1/s1. The highest BCUT2D eigenvalue weighted by molar-refractivity contribution is 6.03. The third-order valence-electron chi connectivity index (χ3n) is 4.01. The van der Waals surface area contributed by atoms with E-state index >= 15 is 0 Å². The Morgan fingerprint density at radius 2 is 1.93 bits per heavy atom. The zero-order valence-electron chi connectivity index (χ0n) is 15.2. The van der Waals surface area contributed by atoms with Gasteiger partial charge in [-0.05, 0) is 48.9 Å². The Morgan fingerprint density at radius 3 is 2.67 bits per heavy atom. The van der Waals surface area contributed by atoms with Crippen LogP contribution in [0, 0.1) is 0 Å². The Labute approximate surface area is 156 Å². The Kier molecular flexibility index (Phi) is 5.30. The van der Waals surface area contributed by atoms with Gasteiger partial charge in [-0.3, -0.25) is 9.59 Å². The van der Waals surface area contributed by atoms with Crippen LogP contribution in [0.25, 0.3) is 6.08 Å². The first-order valence-corrected chi connectivity index (χ1v) is 8.33. The van der Waals surface area contributed by atoms with Gasteiger partial charge in [0.25, 0.3) is 5.91 Å². The van der Waals surface area contributed by atoms with Crippen LogP contribution in [0.3, 0.4) is 0 Å². The molecule has 1 aliphatic heterocycles. The predicted molar refractivity (Wildman–Crippen MR) is 102 cm³/mol. The maximum atomic E-state index is 12.2. The molecule has 1 heterocycles. The Bertz CT molecular complexity index is 907. The van der Waals surface area contributed by atoms with E-state index in [1.54, 1.807) is 57.6 Å². The number of anilines is 2. The van der Waals surface area contributed by atoms with Crippen molar-refractivity contribution in [1.29, 1.82) is 0 Å². The van der Waals surface area contributed by atoms with Crippen LogP contribution in [-0.2, 0) is 9.59 Å². The Balaban J connectivity index is 1.68. The average Bonchev–Trinajstić information content (AvgIpc) is 2.67. The van der Waals surface area contributed by atoms with E-state index in [0.29, 0.717) is 28.6 Å². The molecule has 2 aromatic carbocycles. The molecule has 0 saturated heterocycles. The summed E-state index contributed by atoms with van der Waals surface area (Å²) >= 11 is 0. The fourth-order valence-electron chi connectivity index (χ4n) is 2.60. The zero-order chi connectivity index (χ0) is 19.4. The van der Waals surface area contributed by atoms with Gasteiger partial charge in [0.15, 0.2) is 17.6 Å². The number of carbonyl (C=O) groups is 2. The lowest BCUT2D eigenvalue weighted by molar-refractivity contribution is -0.122.